The van der Waals surface area contributed by atoms with Crippen molar-refractivity contribution in [2.24, 2.45) is 0 Å². The van der Waals surface area contributed by atoms with Gasteiger partial charge >= 0.3 is 11.9 Å². The Morgan fingerprint density at radius 3 is 0.885 bits per heavy atom. The van der Waals surface area contributed by atoms with E-state index >= 15 is 0 Å². The minimum Gasteiger partial charge on any atom is -0.466 e. The van der Waals surface area contributed by atoms with E-state index in [-0.39, 0.29) is 11.9 Å². The first-order valence-electron chi connectivity index (χ1n) is 16.1. The second kappa shape index (κ2) is 45.4. The third-order valence-electron chi connectivity index (χ3n) is 4.89. The molecule has 8 nitrogen and oxygen atoms in total. The zero-order valence-electron chi connectivity index (χ0n) is 32.2. The SMILES string of the molecule is C=C(C)C(=O)OC.C=C(C)C(=O)OC.C=C=CCOOC.C=C=CCOOC.CC.c1ccc2ccccc2c1.c1ccccc1.c1ccccc1. The maximum atomic E-state index is 10.2. The summed E-state index contributed by atoms with van der Waals surface area (Å²) < 4.78 is 8.55. The van der Waals surface area contributed by atoms with Crippen molar-refractivity contribution in [1.29, 1.82) is 0 Å². The van der Waals surface area contributed by atoms with Crippen LogP contribution in [0.15, 0.2) is 182 Å². The van der Waals surface area contributed by atoms with Crippen LogP contribution in [0.4, 0.5) is 0 Å². The van der Waals surface area contributed by atoms with E-state index in [1.54, 1.807) is 26.0 Å². The molecule has 52 heavy (non-hydrogen) atoms. The second-order valence-electron chi connectivity index (χ2n) is 8.92. The molecule has 0 unspecified atom stereocenters. The summed E-state index contributed by atoms with van der Waals surface area (Å²) in [6.07, 6.45) is 3.26. The Bertz CT molecular complexity index is 1290. The van der Waals surface area contributed by atoms with Crippen molar-refractivity contribution in [3.8, 4) is 0 Å². The molecule has 0 aliphatic carbocycles. The maximum Gasteiger partial charge on any atom is 0.332 e. The van der Waals surface area contributed by atoms with E-state index in [1.165, 1.54) is 39.2 Å². The fraction of sp³-hybridized carbons (Fsp3) is 0.227. The minimum atomic E-state index is -0.347. The van der Waals surface area contributed by atoms with Crippen LogP contribution in [0.5, 0.6) is 0 Å². The first-order chi connectivity index (χ1) is 25.2. The van der Waals surface area contributed by atoms with Gasteiger partial charge in [0.2, 0.25) is 0 Å². The van der Waals surface area contributed by atoms with Gasteiger partial charge in [0.15, 0.2) is 0 Å². The van der Waals surface area contributed by atoms with Crippen LogP contribution in [0, 0.1) is 0 Å². The molecule has 0 N–H and O–H groups in total. The average Bonchev–Trinajstić information content (AvgIpc) is 3.21. The molecule has 0 aromatic heterocycles. The number of esters is 2. The van der Waals surface area contributed by atoms with Gasteiger partial charge in [-0.15, -0.1) is 11.5 Å². The zero-order valence-corrected chi connectivity index (χ0v) is 32.2. The molecule has 4 rings (SSSR count). The van der Waals surface area contributed by atoms with Crippen molar-refractivity contribution in [2.75, 3.05) is 41.7 Å². The van der Waals surface area contributed by atoms with Crippen LogP contribution >= 0.6 is 0 Å². The molecule has 8 heteroatoms. The molecule has 0 saturated heterocycles. The Kier molecular flexibility index (Phi) is 46.5. The average molecular weight is 715 g/mol. The summed E-state index contributed by atoms with van der Waals surface area (Å²) in [5.41, 5.74) is 5.91. The fourth-order valence-electron chi connectivity index (χ4n) is 2.57. The van der Waals surface area contributed by atoms with Crippen molar-refractivity contribution in [1.82, 2.24) is 0 Å². The van der Waals surface area contributed by atoms with Crippen molar-refractivity contribution in [3.05, 3.63) is 182 Å². The normalized spacial score (nSPS) is 8.00. The minimum absolute atomic E-state index is 0.347. The molecule has 0 aliphatic rings. The lowest BCUT2D eigenvalue weighted by Gasteiger charge is -1.92. The van der Waals surface area contributed by atoms with Crippen LogP contribution in [-0.2, 0) is 38.6 Å². The van der Waals surface area contributed by atoms with E-state index in [4.69, 9.17) is 0 Å². The number of ether oxygens (including phenoxy) is 2. The Labute approximate surface area is 312 Å². The maximum absolute atomic E-state index is 10.2. The van der Waals surface area contributed by atoms with Crippen molar-refractivity contribution in [3.63, 3.8) is 0 Å². The Balaban J connectivity index is -0.000000258. The van der Waals surface area contributed by atoms with Crippen LogP contribution in [0.1, 0.15) is 27.7 Å². The standard InChI is InChI=1S/C10H8.2C6H6.4C5H8O2.C2H6/c1-2-6-10-8-4-3-7-9(10)5-1;2*1-2-4-6-5-3-1;2*1-4(2)5(6)7-3;2*1-3-4-5-7-6-2;1-2/h1-8H;2*1-6H;2*1H2,2-3H3;2*4H,1,5H2,2H3;1-2H3. The van der Waals surface area contributed by atoms with E-state index < -0.39 is 0 Å². The molecule has 282 valence electrons. The predicted molar refractivity (Wildman–Crippen MR) is 215 cm³/mol. The molecule has 0 radical (unpaired) electrons. The van der Waals surface area contributed by atoms with Gasteiger partial charge in [0.05, 0.1) is 28.4 Å². The molecule has 0 spiro atoms. The molecular weight excluding hydrogens is 656 g/mol. The van der Waals surface area contributed by atoms with Crippen molar-refractivity contribution >= 4 is 22.7 Å². The number of fused-ring (bicyclic) bond motifs is 1. The second-order valence-corrected chi connectivity index (χ2v) is 8.92. The Morgan fingerprint density at radius 1 is 0.519 bits per heavy atom. The third kappa shape index (κ3) is 42.5. The van der Waals surface area contributed by atoms with E-state index in [1.807, 2.05) is 86.6 Å². The van der Waals surface area contributed by atoms with Gasteiger partial charge in [0, 0.05) is 11.1 Å². The molecular formula is C44H58O8. The first kappa shape index (κ1) is 53.2. The highest BCUT2D eigenvalue weighted by molar-refractivity contribution is 5.87. The Morgan fingerprint density at radius 2 is 0.750 bits per heavy atom. The van der Waals surface area contributed by atoms with Gasteiger partial charge in [0.25, 0.3) is 0 Å². The predicted octanol–water partition coefficient (Wildman–Crippen LogP) is 10.5. The third-order valence-corrected chi connectivity index (χ3v) is 4.89. The molecule has 0 fully saturated rings. The number of methoxy groups -OCH3 is 2. The molecule has 4 aromatic carbocycles. The van der Waals surface area contributed by atoms with Crippen LogP contribution in [0.25, 0.3) is 10.8 Å². The number of carbonyl (C=O) groups excluding carboxylic acids is 2. The molecule has 0 bridgehead atoms. The van der Waals surface area contributed by atoms with E-state index in [0.29, 0.717) is 24.4 Å². The van der Waals surface area contributed by atoms with Crippen LogP contribution < -0.4 is 0 Å². The van der Waals surface area contributed by atoms with Gasteiger partial charge in [-0.3, -0.25) is 0 Å². The lowest BCUT2D eigenvalue weighted by atomic mass is 10.1. The lowest BCUT2D eigenvalue weighted by Crippen LogP contribution is -1.98. The lowest BCUT2D eigenvalue weighted by molar-refractivity contribution is -0.263. The Hall–Kier alpha value is -5.56. The summed E-state index contributed by atoms with van der Waals surface area (Å²) in [5, 5.41) is 2.62. The summed E-state index contributed by atoms with van der Waals surface area (Å²) in [7, 11) is 5.57. The van der Waals surface area contributed by atoms with E-state index in [2.05, 4.69) is 115 Å². The topological polar surface area (TPSA) is 89.5 Å². The summed E-state index contributed by atoms with van der Waals surface area (Å²) in [6.45, 7) is 21.4. The molecule has 0 atom stereocenters. The largest absolute Gasteiger partial charge is 0.466 e. The highest BCUT2D eigenvalue weighted by atomic mass is 17.2. The zero-order chi connectivity index (χ0) is 40.1. The van der Waals surface area contributed by atoms with Crippen LogP contribution in [0.2, 0.25) is 0 Å². The van der Waals surface area contributed by atoms with Crippen LogP contribution in [-0.4, -0.2) is 53.6 Å². The quantitative estimate of drug-likeness (QED) is 0.0445. The van der Waals surface area contributed by atoms with Gasteiger partial charge in [-0.05, 0) is 36.8 Å². The molecule has 4 aromatic rings. The van der Waals surface area contributed by atoms with Crippen molar-refractivity contribution < 1.29 is 38.6 Å². The summed E-state index contributed by atoms with van der Waals surface area (Å²) in [6, 6.07) is 40.7. The number of rotatable bonds is 8. The monoisotopic (exact) mass is 714 g/mol. The van der Waals surface area contributed by atoms with Gasteiger partial charge in [-0.2, -0.15) is 0 Å². The first-order valence-corrected chi connectivity index (χ1v) is 16.1. The highest BCUT2D eigenvalue weighted by Gasteiger charge is 1.96. The van der Waals surface area contributed by atoms with Crippen molar-refractivity contribution in [2.45, 2.75) is 27.7 Å². The van der Waals surface area contributed by atoms with Crippen LogP contribution in [0.3, 0.4) is 0 Å². The fourth-order valence-corrected chi connectivity index (χ4v) is 2.57. The highest BCUT2D eigenvalue weighted by Crippen LogP contribution is 2.11. The summed E-state index contributed by atoms with van der Waals surface area (Å²) >= 11 is 0. The molecule has 0 heterocycles. The van der Waals surface area contributed by atoms with Gasteiger partial charge in [-0.1, -0.05) is 161 Å². The van der Waals surface area contributed by atoms with Gasteiger partial charge in [0.1, 0.15) is 13.2 Å². The molecule has 0 amide bonds. The number of hydrogen-bond donors (Lipinski definition) is 0. The number of benzene rings is 4. The van der Waals surface area contributed by atoms with E-state index in [9.17, 15) is 9.59 Å². The molecule has 0 aliphatic heterocycles. The number of hydrogen-bond acceptors (Lipinski definition) is 8. The smallest absolute Gasteiger partial charge is 0.332 e. The van der Waals surface area contributed by atoms with Gasteiger partial charge < -0.3 is 9.47 Å². The number of carbonyl (C=O) groups is 2. The molecule has 0 saturated carbocycles. The van der Waals surface area contributed by atoms with Gasteiger partial charge in [-0.25, -0.2) is 29.1 Å². The van der Waals surface area contributed by atoms with E-state index in [0.717, 1.165) is 0 Å². The summed E-state index contributed by atoms with van der Waals surface area (Å²) in [5.74, 6) is -0.694. The summed E-state index contributed by atoms with van der Waals surface area (Å²) in [4.78, 5) is 37.7.